The van der Waals surface area contributed by atoms with E-state index in [0.717, 1.165) is 16.8 Å². The second kappa shape index (κ2) is 8.56. The first-order valence-electron chi connectivity index (χ1n) is 9.36. The summed E-state index contributed by atoms with van der Waals surface area (Å²) in [4.78, 5) is 12.5. The lowest BCUT2D eigenvalue weighted by molar-refractivity contribution is 0.0976. The minimum atomic E-state index is -0.343. The first-order valence-corrected chi connectivity index (χ1v) is 9.77. The first kappa shape index (κ1) is 19.9. The molecular weight excluding hydrogens is 404 g/mol. The Kier molecular flexibility index (Phi) is 5.69. The molecule has 0 spiro atoms. The van der Waals surface area contributed by atoms with Gasteiger partial charge in [0, 0.05) is 16.8 Å². The third kappa shape index (κ3) is 4.29. The number of nitrogens with one attached hydrogen (secondary N) is 2. The maximum absolute atomic E-state index is 12.5. The number of benzene rings is 2. The third-order valence-electron chi connectivity index (χ3n) is 4.60. The average molecular weight is 424 g/mol. The van der Waals surface area contributed by atoms with E-state index in [9.17, 15) is 4.79 Å². The molecule has 3 aromatic rings. The largest absolute Gasteiger partial charge is 0.486 e. The van der Waals surface area contributed by atoms with Gasteiger partial charge in [-0.05, 0) is 73.2 Å². The van der Waals surface area contributed by atoms with Crippen molar-refractivity contribution in [1.29, 1.82) is 0 Å². The quantitative estimate of drug-likeness (QED) is 0.551. The molecule has 0 atom stereocenters. The molecule has 7 nitrogen and oxygen atoms in total. The van der Waals surface area contributed by atoms with Crippen LogP contribution in [-0.4, -0.2) is 29.3 Å². The Morgan fingerprint density at radius 2 is 1.87 bits per heavy atom. The van der Waals surface area contributed by atoms with E-state index in [0.29, 0.717) is 41.8 Å². The molecule has 0 saturated heterocycles. The van der Waals surface area contributed by atoms with Crippen molar-refractivity contribution < 1.29 is 23.8 Å². The van der Waals surface area contributed by atoms with Gasteiger partial charge in [-0.3, -0.25) is 10.1 Å². The lowest BCUT2D eigenvalue weighted by atomic mass is 10.1. The van der Waals surface area contributed by atoms with E-state index in [1.165, 1.54) is 0 Å². The van der Waals surface area contributed by atoms with Gasteiger partial charge in [-0.15, -0.1) is 0 Å². The Bertz CT molecular complexity index is 1110. The summed E-state index contributed by atoms with van der Waals surface area (Å²) in [6.45, 7) is 2.74. The molecule has 2 heterocycles. The predicted octanol–water partition coefficient (Wildman–Crippen LogP) is 3.65. The van der Waals surface area contributed by atoms with Crippen molar-refractivity contribution in [2.75, 3.05) is 18.5 Å². The summed E-state index contributed by atoms with van der Waals surface area (Å²) in [6.07, 6.45) is 0. The topological polar surface area (TPSA) is 93.0 Å². The summed E-state index contributed by atoms with van der Waals surface area (Å²) in [7, 11) is 0. The fourth-order valence-corrected chi connectivity index (χ4v) is 3.36. The van der Waals surface area contributed by atoms with E-state index in [-0.39, 0.29) is 17.6 Å². The number of thiocarbonyl (C=S) groups is 1. The molecule has 0 bridgehead atoms. The highest BCUT2D eigenvalue weighted by atomic mass is 32.1. The Hall–Kier alpha value is -3.36. The zero-order valence-corrected chi connectivity index (χ0v) is 17.0. The first-order chi connectivity index (χ1) is 14.5. The van der Waals surface area contributed by atoms with Crippen molar-refractivity contribution in [1.82, 2.24) is 5.32 Å². The maximum Gasteiger partial charge on any atom is 0.257 e. The van der Waals surface area contributed by atoms with Crippen molar-refractivity contribution in [2.45, 2.75) is 13.5 Å². The van der Waals surface area contributed by atoms with Gasteiger partial charge in [0.15, 0.2) is 16.6 Å². The minimum absolute atomic E-state index is 0.143. The highest BCUT2D eigenvalue weighted by Crippen LogP contribution is 2.31. The van der Waals surface area contributed by atoms with Crippen molar-refractivity contribution in [2.24, 2.45) is 0 Å². The van der Waals surface area contributed by atoms with Gasteiger partial charge in [-0.1, -0.05) is 0 Å². The van der Waals surface area contributed by atoms with E-state index >= 15 is 0 Å². The van der Waals surface area contributed by atoms with Crippen LogP contribution < -0.4 is 20.1 Å². The van der Waals surface area contributed by atoms with Gasteiger partial charge in [0.25, 0.3) is 5.91 Å². The SMILES string of the molecule is Cc1cc(NC(=S)NC(=O)c2ccc3c(c2)OCCO3)ccc1-c1ccc(CO)o1. The number of aliphatic hydroxyl groups excluding tert-OH is 1. The number of hydrogen-bond acceptors (Lipinski definition) is 6. The van der Waals surface area contributed by atoms with E-state index in [1.54, 1.807) is 24.3 Å². The summed E-state index contributed by atoms with van der Waals surface area (Å²) in [6, 6.07) is 14.2. The number of aliphatic hydroxyl groups is 1. The van der Waals surface area contributed by atoms with Crippen LogP contribution in [0.4, 0.5) is 5.69 Å². The van der Waals surface area contributed by atoms with E-state index in [1.807, 2.05) is 31.2 Å². The molecule has 0 fully saturated rings. The van der Waals surface area contributed by atoms with E-state index < -0.39 is 0 Å². The monoisotopic (exact) mass is 424 g/mol. The van der Waals surface area contributed by atoms with Crippen LogP contribution in [-0.2, 0) is 6.61 Å². The van der Waals surface area contributed by atoms with Gasteiger partial charge in [0.1, 0.15) is 31.3 Å². The molecule has 0 saturated carbocycles. The van der Waals surface area contributed by atoms with Crippen LogP contribution in [0, 0.1) is 6.92 Å². The van der Waals surface area contributed by atoms with Gasteiger partial charge in [-0.25, -0.2) is 0 Å². The highest BCUT2D eigenvalue weighted by molar-refractivity contribution is 7.80. The summed E-state index contributed by atoms with van der Waals surface area (Å²) >= 11 is 5.28. The Balaban J connectivity index is 1.41. The standard InChI is InChI=1S/C22H20N2O5S/c1-13-10-15(3-5-17(13)18-7-4-16(12-25)29-18)23-22(30)24-21(26)14-2-6-19-20(11-14)28-9-8-27-19/h2-7,10-11,25H,8-9,12H2,1H3,(H2,23,24,26,30). The second-order valence-electron chi connectivity index (χ2n) is 6.72. The van der Waals surface area contributed by atoms with Crippen LogP contribution in [0.15, 0.2) is 52.9 Å². The molecule has 30 heavy (non-hydrogen) atoms. The van der Waals surface area contributed by atoms with Gasteiger partial charge in [0.05, 0.1) is 0 Å². The lowest BCUT2D eigenvalue weighted by Gasteiger charge is -2.18. The molecule has 2 aromatic carbocycles. The second-order valence-corrected chi connectivity index (χ2v) is 7.13. The molecule has 8 heteroatoms. The van der Waals surface area contributed by atoms with Crippen molar-refractivity contribution in [3.05, 3.63) is 65.4 Å². The average Bonchev–Trinajstić information content (AvgIpc) is 3.22. The van der Waals surface area contributed by atoms with Gasteiger partial charge in [0.2, 0.25) is 0 Å². The van der Waals surface area contributed by atoms with Crippen molar-refractivity contribution >= 4 is 28.9 Å². The Morgan fingerprint density at radius 3 is 2.60 bits per heavy atom. The number of hydrogen-bond donors (Lipinski definition) is 3. The Morgan fingerprint density at radius 1 is 1.07 bits per heavy atom. The highest BCUT2D eigenvalue weighted by Gasteiger charge is 2.16. The fourth-order valence-electron chi connectivity index (χ4n) is 3.15. The zero-order valence-electron chi connectivity index (χ0n) is 16.2. The number of aryl methyl sites for hydroxylation is 1. The molecule has 1 aliphatic heterocycles. The predicted molar refractivity (Wildman–Crippen MR) is 116 cm³/mol. The normalized spacial score (nSPS) is 12.3. The number of amides is 1. The fraction of sp³-hybridized carbons (Fsp3) is 0.182. The van der Waals surface area contributed by atoms with Crippen LogP contribution in [0.1, 0.15) is 21.7 Å². The third-order valence-corrected chi connectivity index (χ3v) is 4.80. The number of anilines is 1. The number of fused-ring (bicyclic) bond motifs is 1. The molecule has 3 N–H and O–H groups in total. The number of ether oxygens (including phenoxy) is 2. The molecular formula is C22H20N2O5S. The smallest absolute Gasteiger partial charge is 0.257 e. The molecule has 0 unspecified atom stereocenters. The van der Waals surface area contributed by atoms with E-state index in [2.05, 4.69) is 10.6 Å². The van der Waals surface area contributed by atoms with Gasteiger partial charge in [-0.2, -0.15) is 0 Å². The molecule has 4 rings (SSSR count). The van der Waals surface area contributed by atoms with E-state index in [4.69, 9.17) is 31.2 Å². The molecule has 154 valence electrons. The van der Waals surface area contributed by atoms with Gasteiger partial charge < -0.3 is 24.3 Å². The number of carbonyl (C=O) groups is 1. The molecule has 1 amide bonds. The summed E-state index contributed by atoms with van der Waals surface area (Å²) in [5, 5.41) is 15.0. The zero-order chi connectivity index (χ0) is 21.1. The number of rotatable bonds is 4. The summed E-state index contributed by atoms with van der Waals surface area (Å²) < 4.78 is 16.6. The molecule has 0 aliphatic carbocycles. The van der Waals surface area contributed by atoms with Crippen LogP contribution in [0.2, 0.25) is 0 Å². The minimum Gasteiger partial charge on any atom is -0.486 e. The lowest BCUT2D eigenvalue weighted by Crippen LogP contribution is -2.34. The van der Waals surface area contributed by atoms with Gasteiger partial charge >= 0.3 is 0 Å². The summed E-state index contributed by atoms with van der Waals surface area (Å²) in [5.41, 5.74) is 3.02. The molecule has 0 radical (unpaired) electrons. The van der Waals surface area contributed by atoms with Crippen LogP contribution >= 0.6 is 12.2 Å². The summed E-state index contributed by atoms with van der Waals surface area (Å²) in [5.74, 6) is 2.01. The number of carbonyl (C=O) groups excluding carboxylic acids is 1. The molecule has 1 aliphatic rings. The molecule has 1 aromatic heterocycles. The van der Waals surface area contributed by atoms with Crippen molar-refractivity contribution in [3.8, 4) is 22.8 Å². The van der Waals surface area contributed by atoms with Crippen LogP contribution in [0.3, 0.4) is 0 Å². The maximum atomic E-state index is 12.5. The van der Waals surface area contributed by atoms with Crippen LogP contribution in [0.25, 0.3) is 11.3 Å². The Labute approximate surface area is 178 Å². The van der Waals surface area contributed by atoms with Crippen molar-refractivity contribution in [3.63, 3.8) is 0 Å². The number of furan rings is 1. The van der Waals surface area contributed by atoms with Crippen LogP contribution in [0.5, 0.6) is 11.5 Å².